The van der Waals surface area contributed by atoms with E-state index in [4.69, 9.17) is 9.47 Å². The molecule has 0 unspecified atom stereocenters. The van der Waals surface area contributed by atoms with Crippen LogP contribution in [0.5, 0.6) is 5.75 Å². The van der Waals surface area contributed by atoms with Crippen molar-refractivity contribution in [1.29, 1.82) is 0 Å². The van der Waals surface area contributed by atoms with E-state index in [1.807, 2.05) is 30.3 Å². The summed E-state index contributed by atoms with van der Waals surface area (Å²) in [5.41, 5.74) is 2.36. The highest BCUT2D eigenvalue weighted by atomic mass is 32.2. The number of hydrogen-bond donors (Lipinski definition) is 4. The highest BCUT2D eigenvalue weighted by Gasteiger charge is 2.54. The molecular formula is C37H47N3O9S2. The molecule has 2 saturated heterocycles. The number of nitrogens with one attached hydrogen (secondary N) is 2. The van der Waals surface area contributed by atoms with Gasteiger partial charge < -0.3 is 30.3 Å². The molecule has 51 heavy (non-hydrogen) atoms. The van der Waals surface area contributed by atoms with Crippen molar-refractivity contribution in [3.63, 3.8) is 0 Å². The van der Waals surface area contributed by atoms with Crippen LogP contribution in [0.4, 0.5) is 0 Å². The number of benzene rings is 3. The van der Waals surface area contributed by atoms with Crippen LogP contribution in [0.15, 0.2) is 82.6 Å². The zero-order valence-corrected chi connectivity index (χ0v) is 30.4. The lowest BCUT2D eigenvalue weighted by Crippen LogP contribution is -2.47. The van der Waals surface area contributed by atoms with Gasteiger partial charge in [-0.2, -0.15) is 4.31 Å². The molecule has 276 valence electrons. The van der Waals surface area contributed by atoms with Gasteiger partial charge in [0.25, 0.3) is 0 Å². The molecule has 1 saturated carbocycles. The summed E-state index contributed by atoms with van der Waals surface area (Å²) >= 11 is 0. The minimum Gasteiger partial charge on any atom is -0.491 e. The number of sulfone groups is 1. The molecule has 1 aliphatic carbocycles. The minimum absolute atomic E-state index is 0.0158. The maximum atomic E-state index is 13.7. The van der Waals surface area contributed by atoms with E-state index in [2.05, 4.69) is 10.6 Å². The van der Waals surface area contributed by atoms with Crippen molar-refractivity contribution >= 4 is 25.8 Å². The third-order valence-electron chi connectivity index (χ3n) is 10.3. The number of carbonyl (C=O) groups is 1. The number of ether oxygens (including phenoxy) is 2. The molecule has 3 aromatic rings. The Bertz CT molecular complexity index is 1910. The van der Waals surface area contributed by atoms with Gasteiger partial charge in [-0.3, -0.25) is 4.79 Å². The number of aliphatic hydroxyl groups is 2. The lowest BCUT2D eigenvalue weighted by molar-refractivity contribution is -0.118. The molecule has 0 aromatic heterocycles. The van der Waals surface area contributed by atoms with Crippen LogP contribution in [0, 0.1) is 0 Å². The van der Waals surface area contributed by atoms with Gasteiger partial charge in [-0.15, -0.1) is 0 Å². The van der Waals surface area contributed by atoms with Crippen molar-refractivity contribution in [2.24, 2.45) is 0 Å². The van der Waals surface area contributed by atoms with E-state index in [9.17, 15) is 31.8 Å². The molecule has 3 aromatic carbocycles. The third-order valence-corrected chi connectivity index (χ3v) is 14.7. The molecule has 2 atom stereocenters. The SMILES string of the molecule is CC(=O)NCCc1ccc(-c2cccc(S(=O)(=O)N3CCC4(CC3)C[C@H](NC[C@H](O)COc3cccc(S(=O)(=O)C5(CO)CC5)c3)CO4)c2)cc1. The minimum atomic E-state index is -3.72. The summed E-state index contributed by atoms with van der Waals surface area (Å²) in [4.78, 5) is 11.5. The Balaban J connectivity index is 0.964. The highest BCUT2D eigenvalue weighted by molar-refractivity contribution is 7.93. The monoisotopic (exact) mass is 741 g/mol. The fourth-order valence-electron chi connectivity index (χ4n) is 6.88. The average Bonchev–Trinajstić information content (AvgIpc) is 3.86. The predicted octanol–water partition coefficient (Wildman–Crippen LogP) is 2.67. The van der Waals surface area contributed by atoms with Crippen molar-refractivity contribution < 1.29 is 41.3 Å². The van der Waals surface area contributed by atoms with E-state index in [1.54, 1.807) is 30.3 Å². The second kappa shape index (κ2) is 15.3. The predicted molar refractivity (Wildman–Crippen MR) is 192 cm³/mol. The van der Waals surface area contributed by atoms with Gasteiger partial charge in [0.2, 0.25) is 15.9 Å². The van der Waals surface area contributed by atoms with E-state index in [1.165, 1.54) is 23.4 Å². The number of aliphatic hydroxyl groups excluding tert-OH is 2. The Kier molecular flexibility index (Phi) is 11.2. The van der Waals surface area contributed by atoms with Crippen LogP contribution in [-0.2, 0) is 35.8 Å². The van der Waals surface area contributed by atoms with Gasteiger partial charge in [0.1, 0.15) is 18.5 Å². The topological polar surface area (TPSA) is 172 Å². The standard InChI is InChI=1S/C37H47N3O9S2/c1-27(42)38-17-12-28-8-10-29(11-9-28)30-4-2-7-35(20-30)51(46,47)40-18-15-36(16-19-40)22-31(24-49-36)39-23-32(43)25-48-33-5-3-6-34(21-33)50(44,45)37(26-41)13-14-37/h2-11,20-21,31-32,39,41,43H,12-19,22-26H2,1H3,(H,38,42)/t31-,32-/m0/s1. The molecule has 2 heterocycles. The summed E-state index contributed by atoms with van der Waals surface area (Å²) in [6.45, 7) is 2.96. The summed E-state index contributed by atoms with van der Waals surface area (Å²) in [7, 11) is -7.40. The zero-order chi connectivity index (χ0) is 36.3. The maximum Gasteiger partial charge on any atom is 0.243 e. The molecule has 14 heteroatoms. The Morgan fingerprint density at radius 1 is 0.961 bits per heavy atom. The molecule has 3 aliphatic rings. The average molecular weight is 742 g/mol. The molecule has 1 spiro atoms. The van der Waals surface area contributed by atoms with Gasteiger partial charge in [-0.05, 0) is 85.5 Å². The van der Waals surface area contributed by atoms with Gasteiger partial charge in [0.15, 0.2) is 9.84 Å². The van der Waals surface area contributed by atoms with Gasteiger partial charge >= 0.3 is 0 Å². The molecule has 4 N–H and O–H groups in total. The first-order chi connectivity index (χ1) is 24.3. The van der Waals surface area contributed by atoms with Gasteiger partial charge in [0.05, 0.1) is 33.4 Å². The van der Waals surface area contributed by atoms with Crippen LogP contribution in [0.1, 0.15) is 44.6 Å². The van der Waals surface area contributed by atoms with Crippen molar-refractivity contribution in [1.82, 2.24) is 14.9 Å². The van der Waals surface area contributed by atoms with Crippen LogP contribution in [0.2, 0.25) is 0 Å². The fourth-order valence-corrected chi connectivity index (χ4v) is 10.2. The Hall–Kier alpha value is -3.37. The summed E-state index contributed by atoms with van der Waals surface area (Å²) in [5, 5.41) is 26.3. The number of nitrogens with zero attached hydrogens (tertiary/aromatic N) is 1. The van der Waals surface area contributed by atoms with Gasteiger partial charge in [0, 0.05) is 39.1 Å². The molecule has 3 fully saturated rings. The summed E-state index contributed by atoms with van der Waals surface area (Å²) in [6, 6.07) is 21.0. The molecule has 2 aliphatic heterocycles. The first kappa shape index (κ1) is 37.4. The smallest absolute Gasteiger partial charge is 0.243 e. The molecule has 1 amide bonds. The van der Waals surface area contributed by atoms with E-state index < -0.39 is 42.9 Å². The second-order valence-corrected chi connectivity index (χ2v) is 18.2. The molecule has 6 rings (SSSR count). The Morgan fingerprint density at radius 2 is 1.67 bits per heavy atom. The fraction of sp³-hybridized carbons (Fsp3) is 0.486. The van der Waals surface area contributed by atoms with E-state index in [0.717, 1.165) is 16.7 Å². The van der Waals surface area contributed by atoms with Crippen molar-refractivity contribution in [3.05, 3.63) is 78.4 Å². The van der Waals surface area contributed by atoms with Crippen molar-refractivity contribution in [2.45, 2.75) is 77.7 Å². The third kappa shape index (κ3) is 8.48. The summed E-state index contributed by atoms with van der Waals surface area (Å²) in [5.74, 6) is 0.261. The molecule has 0 bridgehead atoms. The first-order valence-electron chi connectivity index (χ1n) is 17.4. The number of sulfonamides is 1. The first-order valence-corrected chi connectivity index (χ1v) is 20.3. The van der Waals surface area contributed by atoms with E-state index in [0.29, 0.717) is 70.5 Å². The van der Waals surface area contributed by atoms with E-state index >= 15 is 0 Å². The van der Waals surface area contributed by atoms with Gasteiger partial charge in [-0.1, -0.05) is 42.5 Å². The molecular weight excluding hydrogens is 695 g/mol. The number of carbonyl (C=O) groups excluding carboxylic acids is 1. The summed E-state index contributed by atoms with van der Waals surface area (Å²) < 4.78 is 65.6. The second-order valence-electron chi connectivity index (χ2n) is 13.9. The van der Waals surface area contributed by atoms with Gasteiger partial charge in [-0.25, -0.2) is 16.8 Å². The number of hydrogen-bond acceptors (Lipinski definition) is 10. The van der Waals surface area contributed by atoms with Crippen LogP contribution >= 0.6 is 0 Å². The van der Waals surface area contributed by atoms with Crippen LogP contribution in [0.3, 0.4) is 0 Å². The largest absolute Gasteiger partial charge is 0.491 e. The highest BCUT2D eigenvalue weighted by Crippen LogP contribution is 2.46. The van der Waals surface area contributed by atoms with Crippen LogP contribution in [0.25, 0.3) is 11.1 Å². The maximum absolute atomic E-state index is 13.7. The van der Waals surface area contributed by atoms with Crippen LogP contribution in [-0.4, -0.2) is 106 Å². The molecule has 0 radical (unpaired) electrons. The lowest BCUT2D eigenvalue weighted by atomic mass is 9.88. The zero-order valence-electron chi connectivity index (χ0n) is 28.8. The van der Waals surface area contributed by atoms with Crippen molar-refractivity contribution in [2.75, 3.05) is 46.0 Å². The Morgan fingerprint density at radius 3 is 2.35 bits per heavy atom. The Labute approximate surface area is 300 Å². The van der Waals surface area contributed by atoms with E-state index in [-0.39, 0.29) is 34.9 Å². The normalized spacial score (nSPS) is 20.6. The number of piperidine rings is 1. The van der Waals surface area contributed by atoms with Crippen molar-refractivity contribution in [3.8, 4) is 16.9 Å². The molecule has 12 nitrogen and oxygen atoms in total. The lowest BCUT2D eigenvalue weighted by Gasteiger charge is -2.38. The quantitative estimate of drug-likeness (QED) is 0.182. The number of rotatable bonds is 15. The number of amides is 1. The van der Waals surface area contributed by atoms with Crippen LogP contribution < -0.4 is 15.4 Å². The summed E-state index contributed by atoms with van der Waals surface area (Å²) in [6.07, 6.45) is 2.53.